The van der Waals surface area contributed by atoms with Crippen LogP contribution in [0.5, 0.6) is 0 Å². The van der Waals surface area contributed by atoms with Crippen molar-refractivity contribution in [1.29, 1.82) is 5.26 Å². The van der Waals surface area contributed by atoms with Gasteiger partial charge in [0.1, 0.15) is 0 Å². The maximum atomic E-state index is 13.2. The fourth-order valence-electron chi connectivity index (χ4n) is 3.29. The fourth-order valence-corrected chi connectivity index (χ4v) is 3.29. The van der Waals surface area contributed by atoms with E-state index < -0.39 is 24.9 Å². The molecule has 25 heavy (non-hydrogen) atoms. The molecule has 3 rings (SSSR count). The summed E-state index contributed by atoms with van der Waals surface area (Å²) in [5.41, 5.74) is 4.83. The molecule has 2 aromatic rings. The van der Waals surface area contributed by atoms with Gasteiger partial charge in [-0.1, -0.05) is 36.4 Å². The van der Waals surface area contributed by atoms with Crippen molar-refractivity contribution in [3.8, 4) is 17.2 Å². The van der Waals surface area contributed by atoms with E-state index in [4.69, 9.17) is 5.26 Å². The number of halogens is 5. The van der Waals surface area contributed by atoms with E-state index in [2.05, 4.69) is 0 Å². The van der Waals surface area contributed by atoms with Crippen LogP contribution >= 0.6 is 0 Å². The third-order valence-corrected chi connectivity index (χ3v) is 4.58. The molecule has 0 aliphatic heterocycles. The molecule has 1 nitrogen and oxygen atoms in total. The lowest BCUT2D eigenvalue weighted by atomic mass is 9.91. The Morgan fingerprint density at radius 1 is 0.960 bits per heavy atom. The number of aryl methyl sites for hydroxylation is 1. The Morgan fingerprint density at radius 2 is 1.68 bits per heavy atom. The average molecular weight is 351 g/mol. The largest absolute Gasteiger partial charge is 0.453 e. The van der Waals surface area contributed by atoms with Crippen molar-refractivity contribution in [3.63, 3.8) is 0 Å². The van der Waals surface area contributed by atoms with Crippen LogP contribution in [0.15, 0.2) is 36.4 Å². The summed E-state index contributed by atoms with van der Waals surface area (Å²) in [7, 11) is 0. The first-order valence-corrected chi connectivity index (χ1v) is 7.78. The van der Waals surface area contributed by atoms with E-state index >= 15 is 0 Å². The SMILES string of the molecule is N#CCc1c(CCC(F)(F)C(F)(F)F)ccc2c1Cc1ccccc1-2. The summed E-state index contributed by atoms with van der Waals surface area (Å²) >= 11 is 0. The first kappa shape index (κ1) is 17.4. The van der Waals surface area contributed by atoms with Gasteiger partial charge >= 0.3 is 12.1 Å². The Morgan fingerprint density at radius 3 is 2.36 bits per heavy atom. The molecule has 0 bridgehead atoms. The Bertz CT molecular complexity index is 846. The van der Waals surface area contributed by atoms with E-state index in [1.807, 2.05) is 30.3 Å². The molecule has 0 fully saturated rings. The van der Waals surface area contributed by atoms with Crippen molar-refractivity contribution >= 4 is 0 Å². The van der Waals surface area contributed by atoms with Gasteiger partial charge in [0.05, 0.1) is 12.5 Å². The van der Waals surface area contributed by atoms with Crippen LogP contribution in [-0.4, -0.2) is 12.1 Å². The highest BCUT2D eigenvalue weighted by Crippen LogP contribution is 2.42. The highest BCUT2D eigenvalue weighted by atomic mass is 19.4. The van der Waals surface area contributed by atoms with Gasteiger partial charge in [-0.25, -0.2) is 0 Å². The number of hydrogen-bond donors (Lipinski definition) is 0. The first-order chi connectivity index (χ1) is 11.7. The standard InChI is InChI=1S/C19H14F5N/c20-18(21,19(22,23)24)9-7-12-5-6-16-14-4-2-1-3-13(14)11-17(16)15(12)8-10-25/h1-6H,7-9,11H2. The van der Waals surface area contributed by atoms with E-state index in [1.165, 1.54) is 0 Å². The van der Waals surface area contributed by atoms with E-state index in [-0.39, 0.29) is 6.42 Å². The zero-order chi connectivity index (χ0) is 18.2. The highest BCUT2D eigenvalue weighted by Gasteiger charge is 2.56. The summed E-state index contributed by atoms with van der Waals surface area (Å²) in [6, 6.07) is 13.0. The second-order valence-corrected chi connectivity index (χ2v) is 6.10. The molecule has 0 N–H and O–H groups in total. The van der Waals surface area contributed by atoms with Gasteiger partial charge in [0.15, 0.2) is 0 Å². The number of nitrogens with zero attached hydrogens (tertiary/aromatic N) is 1. The molecule has 0 saturated heterocycles. The minimum absolute atomic E-state index is 0.00984. The number of nitriles is 1. The summed E-state index contributed by atoms with van der Waals surface area (Å²) in [6.45, 7) is 0. The third kappa shape index (κ3) is 3.11. The van der Waals surface area contributed by atoms with Gasteiger partial charge in [0.2, 0.25) is 0 Å². The number of fused-ring (bicyclic) bond motifs is 3. The van der Waals surface area contributed by atoms with Crippen LogP contribution in [0, 0.1) is 11.3 Å². The van der Waals surface area contributed by atoms with Crippen molar-refractivity contribution in [1.82, 2.24) is 0 Å². The summed E-state index contributed by atoms with van der Waals surface area (Å²) in [6.07, 6.45) is -6.75. The molecule has 0 saturated carbocycles. The second kappa shape index (κ2) is 6.14. The third-order valence-electron chi connectivity index (χ3n) is 4.58. The molecule has 0 spiro atoms. The fraction of sp³-hybridized carbons (Fsp3) is 0.316. The summed E-state index contributed by atoms with van der Waals surface area (Å²) in [4.78, 5) is 0. The lowest BCUT2D eigenvalue weighted by Gasteiger charge is -2.20. The Labute approximate surface area is 141 Å². The maximum Gasteiger partial charge on any atom is 0.453 e. The van der Waals surface area contributed by atoms with Crippen molar-refractivity contribution in [2.45, 2.75) is 37.8 Å². The van der Waals surface area contributed by atoms with Gasteiger partial charge in [-0.15, -0.1) is 0 Å². The van der Waals surface area contributed by atoms with Crippen LogP contribution in [0.1, 0.15) is 28.7 Å². The van der Waals surface area contributed by atoms with Crippen LogP contribution in [0.2, 0.25) is 0 Å². The Kier molecular flexibility index (Phi) is 4.28. The van der Waals surface area contributed by atoms with Gasteiger partial charge in [0.25, 0.3) is 0 Å². The van der Waals surface area contributed by atoms with Crippen molar-refractivity contribution in [2.75, 3.05) is 0 Å². The van der Waals surface area contributed by atoms with Crippen molar-refractivity contribution < 1.29 is 22.0 Å². The van der Waals surface area contributed by atoms with Gasteiger partial charge in [0, 0.05) is 6.42 Å². The van der Waals surface area contributed by atoms with Gasteiger partial charge in [-0.2, -0.15) is 27.2 Å². The Hall–Kier alpha value is -2.42. The van der Waals surface area contributed by atoms with Crippen LogP contribution in [0.25, 0.3) is 11.1 Å². The Balaban J connectivity index is 1.95. The molecule has 1 aliphatic rings. The van der Waals surface area contributed by atoms with Crippen LogP contribution < -0.4 is 0 Å². The molecule has 0 atom stereocenters. The molecule has 130 valence electrons. The number of alkyl halides is 5. The molecule has 1 aliphatic carbocycles. The monoisotopic (exact) mass is 351 g/mol. The maximum absolute atomic E-state index is 13.2. The average Bonchev–Trinajstić information content (AvgIpc) is 2.92. The van der Waals surface area contributed by atoms with Crippen LogP contribution in [0.4, 0.5) is 22.0 Å². The molecule has 0 aromatic heterocycles. The van der Waals surface area contributed by atoms with Crippen LogP contribution in [0.3, 0.4) is 0 Å². The molecule has 2 aromatic carbocycles. The van der Waals surface area contributed by atoms with Gasteiger partial charge in [-0.3, -0.25) is 0 Å². The number of benzene rings is 2. The first-order valence-electron chi connectivity index (χ1n) is 7.78. The summed E-state index contributed by atoms with van der Waals surface area (Å²) < 4.78 is 63.6. The van der Waals surface area contributed by atoms with Gasteiger partial charge in [-0.05, 0) is 46.2 Å². The molecule has 6 heteroatoms. The van der Waals surface area contributed by atoms with Gasteiger partial charge < -0.3 is 0 Å². The van der Waals surface area contributed by atoms with Crippen LogP contribution in [-0.2, 0) is 19.3 Å². The minimum Gasteiger partial charge on any atom is -0.198 e. The zero-order valence-corrected chi connectivity index (χ0v) is 13.1. The quantitative estimate of drug-likeness (QED) is 0.573. The van der Waals surface area contributed by atoms with E-state index in [0.29, 0.717) is 17.5 Å². The van der Waals surface area contributed by atoms with E-state index in [0.717, 1.165) is 22.3 Å². The topological polar surface area (TPSA) is 23.8 Å². The lowest BCUT2D eigenvalue weighted by molar-refractivity contribution is -0.284. The second-order valence-electron chi connectivity index (χ2n) is 6.10. The molecule has 0 heterocycles. The summed E-state index contributed by atoms with van der Waals surface area (Å²) in [5.74, 6) is -4.74. The molecule has 0 radical (unpaired) electrons. The zero-order valence-electron chi connectivity index (χ0n) is 13.1. The van der Waals surface area contributed by atoms with E-state index in [1.54, 1.807) is 12.1 Å². The summed E-state index contributed by atoms with van der Waals surface area (Å²) in [5, 5.41) is 9.07. The van der Waals surface area contributed by atoms with Crippen molar-refractivity contribution in [2.24, 2.45) is 0 Å². The molecular formula is C19H14F5N. The van der Waals surface area contributed by atoms with Crippen molar-refractivity contribution in [3.05, 3.63) is 58.7 Å². The number of hydrogen-bond acceptors (Lipinski definition) is 1. The van der Waals surface area contributed by atoms with E-state index in [9.17, 15) is 22.0 Å². The molecule has 0 unspecified atom stereocenters. The predicted molar refractivity (Wildman–Crippen MR) is 83.3 cm³/mol. The minimum atomic E-state index is -5.56. The molecular weight excluding hydrogens is 337 g/mol. The lowest BCUT2D eigenvalue weighted by Crippen LogP contribution is -2.36. The normalized spacial score (nSPS) is 13.3. The highest BCUT2D eigenvalue weighted by molar-refractivity contribution is 5.78. The predicted octanol–water partition coefficient (Wildman–Crippen LogP) is 5.45. The number of rotatable bonds is 4. The molecule has 0 amide bonds. The smallest absolute Gasteiger partial charge is 0.198 e.